The van der Waals surface area contributed by atoms with Crippen molar-refractivity contribution in [3.05, 3.63) is 54.1 Å². The average Bonchev–Trinajstić information content (AvgIpc) is 3.03. The summed E-state index contributed by atoms with van der Waals surface area (Å²) in [6.07, 6.45) is 3.40. The van der Waals surface area contributed by atoms with Crippen molar-refractivity contribution in [3.63, 3.8) is 0 Å². The van der Waals surface area contributed by atoms with Gasteiger partial charge in [-0.3, -0.25) is 4.79 Å². The van der Waals surface area contributed by atoms with E-state index in [-0.39, 0.29) is 5.91 Å². The van der Waals surface area contributed by atoms with E-state index in [2.05, 4.69) is 28.7 Å². The fourth-order valence-electron chi connectivity index (χ4n) is 1.92. The largest absolute Gasteiger partial charge is 0.335 e. The Labute approximate surface area is 160 Å². The van der Waals surface area contributed by atoms with Gasteiger partial charge < -0.3 is 10.2 Å². The summed E-state index contributed by atoms with van der Waals surface area (Å²) in [4.78, 5) is 13.9. The number of rotatable bonds is 9. The summed E-state index contributed by atoms with van der Waals surface area (Å²) in [5, 5.41) is 12.7. The summed E-state index contributed by atoms with van der Waals surface area (Å²) in [6.45, 7) is 10.3. The predicted octanol–water partition coefficient (Wildman–Crippen LogP) is 4.54. The highest BCUT2D eigenvalue weighted by atomic mass is 35.5. The van der Waals surface area contributed by atoms with Gasteiger partial charge in [0.1, 0.15) is 0 Å². The van der Waals surface area contributed by atoms with Crippen molar-refractivity contribution in [1.29, 1.82) is 0 Å². The van der Waals surface area contributed by atoms with E-state index in [1.165, 1.54) is 23.1 Å². The number of amides is 1. The lowest BCUT2D eigenvalue weighted by atomic mass is 10.2. The molecular weight excluding hydrogens is 376 g/mol. The van der Waals surface area contributed by atoms with Crippen LogP contribution in [-0.4, -0.2) is 39.8 Å². The summed E-state index contributed by atoms with van der Waals surface area (Å²) in [6, 6.07) is 5.71. The minimum Gasteiger partial charge on any atom is -0.335 e. The van der Waals surface area contributed by atoms with Crippen molar-refractivity contribution < 1.29 is 4.79 Å². The van der Waals surface area contributed by atoms with Crippen molar-refractivity contribution in [2.45, 2.75) is 11.3 Å². The van der Waals surface area contributed by atoms with Crippen molar-refractivity contribution in [3.8, 4) is 0 Å². The summed E-state index contributed by atoms with van der Waals surface area (Å²) in [5.74, 6) is 0.312. The molecule has 1 aromatic carbocycles. The van der Waals surface area contributed by atoms with Crippen molar-refractivity contribution in [1.82, 2.24) is 15.1 Å². The maximum atomic E-state index is 12.2. The first kappa shape index (κ1) is 19.5. The Hall–Kier alpha value is -1.83. The number of anilines is 2. The standard InChI is InChI=1S/C17H19ClN4OS2/c1-4-8-22(9-5-2)15(23)11-24-17-21-20-16(25-17)19-13-7-6-12(3)14(18)10-13/h4-7,10H,1-2,8-9,11H2,3H3,(H,19,20). The molecule has 0 aliphatic rings. The molecule has 1 aromatic heterocycles. The van der Waals surface area contributed by atoms with Gasteiger partial charge in [0.15, 0.2) is 4.34 Å². The molecule has 1 amide bonds. The SMILES string of the molecule is C=CCN(CC=C)C(=O)CSc1nnc(Nc2ccc(C)c(Cl)c2)s1. The molecule has 0 spiro atoms. The van der Waals surface area contributed by atoms with Crippen LogP contribution in [0.1, 0.15) is 5.56 Å². The van der Waals surface area contributed by atoms with E-state index in [0.29, 0.717) is 29.0 Å². The lowest BCUT2D eigenvalue weighted by molar-refractivity contribution is -0.127. The minimum atomic E-state index is 0.0137. The maximum absolute atomic E-state index is 12.2. The number of carbonyl (C=O) groups is 1. The topological polar surface area (TPSA) is 58.1 Å². The highest BCUT2D eigenvalue weighted by Crippen LogP contribution is 2.29. The van der Waals surface area contributed by atoms with Crippen LogP contribution in [0.4, 0.5) is 10.8 Å². The van der Waals surface area contributed by atoms with Gasteiger partial charge in [0, 0.05) is 23.8 Å². The molecule has 0 atom stereocenters. The molecule has 0 saturated carbocycles. The molecule has 0 aliphatic carbocycles. The molecule has 8 heteroatoms. The third-order valence-corrected chi connectivity index (χ3v) is 5.56. The molecule has 1 N–H and O–H groups in total. The molecule has 0 aliphatic heterocycles. The average molecular weight is 395 g/mol. The highest BCUT2D eigenvalue weighted by Gasteiger charge is 2.13. The van der Waals surface area contributed by atoms with Crippen molar-refractivity contribution >= 4 is 51.4 Å². The summed E-state index contributed by atoms with van der Waals surface area (Å²) < 4.78 is 0.728. The third kappa shape index (κ3) is 5.88. The first-order valence-electron chi connectivity index (χ1n) is 7.52. The van der Waals surface area contributed by atoms with Crippen LogP contribution in [0, 0.1) is 6.92 Å². The molecule has 5 nitrogen and oxygen atoms in total. The number of carbonyl (C=O) groups excluding carboxylic acids is 1. The van der Waals surface area contributed by atoms with Gasteiger partial charge in [-0.05, 0) is 24.6 Å². The number of hydrogen-bond acceptors (Lipinski definition) is 6. The first-order chi connectivity index (χ1) is 12.0. The number of aryl methyl sites for hydroxylation is 1. The van der Waals surface area contributed by atoms with E-state index in [1.54, 1.807) is 17.1 Å². The first-order valence-corrected chi connectivity index (χ1v) is 9.70. The Morgan fingerprint density at radius 1 is 1.36 bits per heavy atom. The smallest absolute Gasteiger partial charge is 0.233 e. The number of aromatic nitrogens is 2. The Morgan fingerprint density at radius 2 is 2.08 bits per heavy atom. The second-order valence-electron chi connectivity index (χ2n) is 5.13. The van der Waals surface area contributed by atoms with E-state index in [9.17, 15) is 4.79 Å². The molecule has 0 bridgehead atoms. The molecule has 0 unspecified atom stereocenters. The summed E-state index contributed by atoms with van der Waals surface area (Å²) in [7, 11) is 0. The Bertz CT molecular complexity index is 753. The van der Waals surface area contributed by atoms with Crippen LogP contribution in [0.15, 0.2) is 47.8 Å². The van der Waals surface area contributed by atoms with Crippen LogP contribution >= 0.6 is 34.7 Å². The number of hydrogen-bond donors (Lipinski definition) is 1. The maximum Gasteiger partial charge on any atom is 0.233 e. The third-order valence-electron chi connectivity index (χ3n) is 3.20. The van der Waals surface area contributed by atoms with Gasteiger partial charge >= 0.3 is 0 Å². The Morgan fingerprint density at radius 3 is 2.72 bits per heavy atom. The lowest BCUT2D eigenvalue weighted by Crippen LogP contribution is -2.32. The zero-order chi connectivity index (χ0) is 18.2. The van der Waals surface area contributed by atoms with Crippen molar-refractivity contribution in [2.75, 3.05) is 24.2 Å². The van der Waals surface area contributed by atoms with E-state index in [0.717, 1.165) is 15.6 Å². The van der Waals surface area contributed by atoms with Crippen LogP contribution < -0.4 is 5.32 Å². The summed E-state index contributed by atoms with van der Waals surface area (Å²) in [5.41, 5.74) is 1.87. The fourth-order valence-corrected chi connectivity index (χ4v) is 3.77. The Balaban J connectivity index is 1.92. The molecule has 132 valence electrons. The van der Waals surface area contributed by atoms with Crippen LogP contribution in [0.3, 0.4) is 0 Å². The van der Waals surface area contributed by atoms with E-state index >= 15 is 0 Å². The van der Waals surface area contributed by atoms with Crippen LogP contribution in [0.2, 0.25) is 5.02 Å². The van der Waals surface area contributed by atoms with Gasteiger partial charge in [-0.25, -0.2) is 0 Å². The van der Waals surface area contributed by atoms with Crippen molar-refractivity contribution in [2.24, 2.45) is 0 Å². The number of halogens is 1. The van der Waals surface area contributed by atoms with E-state index in [4.69, 9.17) is 11.6 Å². The lowest BCUT2D eigenvalue weighted by Gasteiger charge is -2.18. The van der Waals surface area contributed by atoms with Gasteiger partial charge in [0.2, 0.25) is 11.0 Å². The van der Waals surface area contributed by atoms with Crippen LogP contribution in [-0.2, 0) is 4.79 Å². The molecule has 0 radical (unpaired) electrons. The number of benzene rings is 1. The molecule has 2 aromatic rings. The van der Waals surface area contributed by atoms with Gasteiger partial charge in [-0.2, -0.15) is 0 Å². The number of thioether (sulfide) groups is 1. The fraction of sp³-hybridized carbons (Fsp3) is 0.235. The van der Waals surface area contributed by atoms with Gasteiger partial charge in [-0.1, -0.05) is 52.9 Å². The molecule has 25 heavy (non-hydrogen) atoms. The van der Waals surface area contributed by atoms with Gasteiger partial charge in [0.25, 0.3) is 0 Å². The number of nitrogens with one attached hydrogen (secondary N) is 1. The van der Waals surface area contributed by atoms with Gasteiger partial charge in [-0.15, -0.1) is 23.4 Å². The predicted molar refractivity (Wildman–Crippen MR) is 107 cm³/mol. The normalized spacial score (nSPS) is 10.3. The monoisotopic (exact) mass is 394 g/mol. The molecule has 0 saturated heterocycles. The minimum absolute atomic E-state index is 0.0137. The molecule has 0 fully saturated rings. The second kappa shape index (κ2) is 9.60. The zero-order valence-electron chi connectivity index (χ0n) is 13.9. The highest BCUT2D eigenvalue weighted by molar-refractivity contribution is 8.01. The Kier molecular flexibility index (Phi) is 7.49. The van der Waals surface area contributed by atoms with Gasteiger partial charge in [0.05, 0.1) is 5.75 Å². The number of nitrogens with zero attached hydrogens (tertiary/aromatic N) is 3. The van der Waals surface area contributed by atoms with E-state index < -0.39 is 0 Å². The molecule has 1 heterocycles. The zero-order valence-corrected chi connectivity index (χ0v) is 16.3. The second-order valence-corrected chi connectivity index (χ2v) is 7.73. The quantitative estimate of drug-likeness (QED) is 0.500. The van der Waals surface area contributed by atoms with Crippen LogP contribution in [0.25, 0.3) is 0 Å². The van der Waals surface area contributed by atoms with Crippen LogP contribution in [0.5, 0.6) is 0 Å². The molecular formula is C17H19ClN4OS2. The summed E-state index contributed by atoms with van der Waals surface area (Å²) >= 11 is 8.88. The molecule has 2 rings (SSSR count). The van der Waals surface area contributed by atoms with E-state index in [1.807, 2.05) is 25.1 Å².